The third-order valence-corrected chi connectivity index (χ3v) is 10.2. The van der Waals surface area contributed by atoms with Gasteiger partial charge in [-0.05, 0) is 50.7 Å². The summed E-state index contributed by atoms with van der Waals surface area (Å²) in [6.45, 7) is 4.20. The van der Waals surface area contributed by atoms with Gasteiger partial charge in [0, 0.05) is 52.7 Å². The highest BCUT2D eigenvalue weighted by Gasteiger charge is 2.53. The molecule has 2 aliphatic heterocycles. The van der Waals surface area contributed by atoms with Crippen LogP contribution >= 0.6 is 11.6 Å². The average Bonchev–Trinajstić information content (AvgIpc) is 3.53. The summed E-state index contributed by atoms with van der Waals surface area (Å²) < 4.78 is 44.6. The van der Waals surface area contributed by atoms with E-state index < -0.39 is 34.7 Å². The standard InChI is InChI=1S/C33H33ClF2N2O4/c1-16-25-24(42-33(16,17-6-4-3-5-7-17)15-38-18-8-10-32(2,40)11-9-18)14-21(35)29(34)28(25)27-20(31(37)39)13-23-26(30(27)36)19-12-22(19)41-23/h3-7,13-14,16,18-19,22,38,40H,8-12,15H2,1-2H3,(H2,37,39)/t16-,18?,19?,22?,32?,33-/m0/s1. The Kier molecular flexibility index (Phi) is 6.35. The maximum Gasteiger partial charge on any atom is 0.249 e. The molecule has 0 saturated heterocycles. The van der Waals surface area contributed by atoms with Crippen LogP contribution < -0.4 is 20.5 Å². The van der Waals surface area contributed by atoms with Crippen LogP contribution in [0.15, 0.2) is 42.5 Å². The Morgan fingerprint density at radius 2 is 1.83 bits per heavy atom. The van der Waals surface area contributed by atoms with E-state index in [0.29, 0.717) is 42.7 Å². The number of hydrogen-bond acceptors (Lipinski definition) is 5. The van der Waals surface area contributed by atoms with E-state index in [1.165, 1.54) is 12.1 Å². The second-order valence-electron chi connectivity index (χ2n) is 12.6. The largest absolute Gasteiger partial charge is 0.489 e. The second kappa shape index (κ2) is 9.66. The highest BCUT2D eigenvalue weighted by atomic mass is 35.5. The van der Waals surface area contributed by atoms with Gasteiger partial charge in [0.15, 0.2) is 5.60 Å². The molecule has 4 atom stereocenters. The first-order valence-corrected chi connectivity index (χ1v) is 14.9. The molecular weight excluding hydrogens is 562 g/mol. The smallest absolute Gasteiger partial charge is 0.249 e. The van der Waals surface area contributed by atoms with Crippen LogP contribution in [0.5, 0.6) is 11.5 Å². The topological polar surface area (TPSA) is 93.8 Å². The molecule has 3 aromatic carbocycles. The molecule has 6 nitrogen and oxygen atoms in total. The maximum atomic E-state index is 16.5. The predicted molar refractivity (Wildman–Crippen MR) is 155 cm³/mol. The summed E-state index contributed by atoms with van der Waals surface area (Å²) in [4.78, 5) is 12.7. The highest BCUT2D eigenvalue weighted by molar-refractivity contribution is 6.34. The van der Waals surface area contributed by atoms with Gasteiger partial charge in [-0.3, -0.25) is 4.79 Å². The van der Waals surface area contributed by atoms with E-state index in [2.05, 4.69) is 5.32 Å². The number of carbonyl (C=O) groups excluding carboxylic acids is 1. The van der Waals surface area contributed by atoms with E-state index in [0.717, 1.165) is 18.4 Å². The first-order chi connectivity index (χ1) is 20.0. The Balaban J connectivity index is 1.37. The number of halogens is 3. The molecule has 3 aromatic rings. The minimum atomic E-state index is -0.986. The van der Waals surface area contributed by atoms with E-state index >= 15 is 8.78 Å². The lowest BCUT2D eigenvalue weighted by molar-refractivity contribution is 0.00890. The number of amides is 1. The van der Waals surface area contributed by atoms with Crippen molar-refractivity contribution in [3.05, 3.63) is 81.4 Å². The molecule has 2 saturated carbocycles. The molecule has 42 heavy (non-hydrogen) atoms. The summed E-state index contributed by atoms with van der Waals surface area (Å²) in [7, 11) is 0. The molecule has 0 spiro atoms. The number of nitrogens with two attached hydrogens (primary N) is 1. The zero-order chi connectivity index (χ0) is 29.6. The van der Waals surface area contributed by atoms with Crippen molar-refractivity contribution in [3.63, 3.8) is 0 Å². The highest BCUT2D eigenvalue weighted by Crippen LogP contribution is 2.60. The van der Waals surface area contributed by atoms with Crippen LogP contribution in [0.3, 0.4) is 0 Å². The minimum absolute atomic E-state index is 0.0869. The van der Waals surface area contributed by atoms with E-state index in [1.807, 2.05) is 44.2 Å². The third kappa shape index (κ3) is 4.21. The summed E-state index contributed by atoms with van der Waals surface area (Å²) in [5.74, 6) is -2.29. The number of nitrogens with one attached hydrogen (secondary N) is 1. The van der Waals surface area contributed by atoms with Gasteiger partial charge in [-0.15, -0.1) is 0 Å². The fraction of sp³-hybridized carbons (Fsp3) is 0.424. The Bertz CT molecular complexity index is 1600. The molecule has 2 heterocycles. The van der Waals surface area contributed by atoms with E-state index in [-0.39, 0.29) is 45.5 Å². The van der Waals surface area contributed by atoms with Crippen LogP contribution in [0.2, 0.25) is 5.02 Å². The number of benzene rings is 3. The van der Waals surface area contributed by atoms with Gasteiger partial charge in [0.1, 0.15) is 29.2 Å². The van der Waals surface area contributed by atoms with Crippen molar-refractivity contribution in [1.29, 1.82) is 0 Å². The molecule has 7 rings (SSSR count). The fourth-order valence-corrected chi connectivity index (χ4v) is 7.50. The van der Waals surface area contributed by atoms with Crippen molar-refractivity contribution < 1.29 is 28.2 Å². The van der Waals surface area contributed by atoms with Crippen molar-refractivity contribution in [2.24, 2.45) is 5.73 Å². The molecule has 1 amide bonds. The Morgan fingerprint density at radius 3 is 2.52 bits per heavy atom. The van der Waals surface area contributed by atoms with Crippen LogP contribution in [0.25, 0.3) is 11.1 Å². The molecule has 0 radical (unpaired) electrons. The first kappa shape index (κ1) is 27.6. The zero-order valence-electron chi connectivity index (χ0n) is 23.5. The molecule has 9 heteroatoms. The lowest BCUT2D eigenvalue weighted by atomic mass is 9.76. The second-order valence-corrected chi connectivity index (χ2v) is 13.0. The molecule has 2 unspecified atom stereocenters. The number of primary amides is 1. The number of rotatable bonds is 6. The van der Waals surface area contributed by atoms with Crippen molar-refractivity contribution in [3.8, 4) is 22.6 Å². The summed E-state index contributed by atoms with van der Waals surface area (Å²) in [5.41, 5.74) is 5.74. The third-order valence-electron chi connectivity index (χ3n) is 9.79. The Morgan fingerprint density at radius 1 is 1.12 bits per heavy atom. The lowest BCUT2D eigenvalue weighted by Crippen LogP contribution is -2.49. The van der Waals surface area contributed by atoms with E-state index in [9.17, 15) is 9.90 Å². The van der Waals surface area contributed by atoms with Gasteiger partial charge in [-0.2, -0.15) is 0 Å². The van der Waals surface area contributed by atoms with E-state index in [4.69, 9.17) is 26.8 Å². The molecule has 2 aliphatic carbocycles. The van der Waals surface area contributed by atoms with Crippen LogP contribution in [0.1, 0.15) is 84.8 Å². The van der Waals surface area contributed by atoms with Crippen LogP contribution in [-0.2, 0) is 5.60 Å². The average molecular weight is 595 g/mol. The number of aliphatic hydroxyl groups is 1. The first-order valence-electron chi connectivity index (χ1n) is 14.6. The summed E-state index contributed by atoms with van der Waals surface area (Å²) in [6, 6.07) is 12.5. The van der Waals surface area contributed by atoms with Gasteiger partial charge in [0.2, 0.25) is 5.91 Å². The van der Waals surface area contributed by atoms with E-state index in [1.54, 1.807) is 0 Å². The molecule has 0 aromatic heterocycles. The summed E-state index contributed by atoms with van der Waals surface area (Å²) >= 11 is 6.67. The summed E-state index contributed by atoms with van der Waals surface area (Å²) in [5, 5.41) is 13.8. The number of carbonyl (C=O) groups is 1. The Labute approximate surface area is 248 Å². The molecule has 4 aliphatic rings. The summed E-state index contributed by atoms with van der Waals surface area (Å²) in [6.07, 6.45) is 3.54. The van der Waals surface area contributed by atoms with Gasteiger partial charge in [-0.25, -0.2) is 8.78 Å². The van der Waals surface area contributed by atoms with Gasteiger partial charge >= 0.3 is 0 Å². The predicted octanol–water partition coefficient (Wildman–Crippen LogP) is 6.31. The fourth-order valence-electron chi connectivity index (χ4n) is 7.25. The van der Waals surface area contributed by atoms with Gasteiger partial charge in [0.25, 0.3) is 0 Å². The van der Waals surface area contributed by atoms with Crippen LogP contribution in [0.4, 0.5) is 8.78 Å². The maximum absolute atomic E-state index is 16.5. The van der Waals surface area contributed by atoms with Crippen molar-refractivity contribution >= 4 is 17.5 Å². The van der Waals surface area contributed by atoms with Gasteiger partial charge in [-0.1, -0.05) is 48.9 Å². The van der Waals surface area contributed by atoms with Gasteiger partial charge in [0.05, 0.1) is 16.2 Å². The monoisotopic (exact) mass is 594 g/mol. The zero-order valence-corrected chi connectivity index (χ0v) is 24.2. The SMILES string of the molecule is C[C@H]1c2c(cc(F)c(Cl)c2-c2c(C(N)=O)cc3c(c2F)C2CC2O3)O[C@]1(CNC1CCC(C)(O)CC1)c1ccccc1. The molecule has 4 N–H and O–H groups in total. The lowest BCUT2D eigenvalue weighted by Gasteiger charge is -2.38. The van der Waals surface area contributed by atoms with Crippen LogP contribution in [0, 0.1) is 11.6 Å². The van der Waals surface area contributed by atoms with Gasteiger partial charge < -0.3 is 25.6 Å². The molecule has 2 fully saturated rings. The van der Waals surface area contributed by atoms with Crippen molar-refractivity contribution in [2.45, 2.75) is 81.1 Å². The van der Waals surface area contributed by atoms with Crippen molar-refractivity contribution in [2.75, 3.05) is 6.54 Å². The number of fused-ring (bicyclic) bond motifs is 4. The normalized spacial score (nSPS) is 30.6. The molecule has 220 valence electrons. The van der Waals surface area contributed by atoms with Crippen LogP contribution in [-0.4, -0.2) is 35.3 Å². The van der Waals surface area contributed by atoms with Crippen molar-refractivity contribution in [1.82, 2.24) is 5.32 Å². The molecule has 0 bridgehead atoms. The number of hydrogen-bond donors (Lipinski definition) is 3. The molecular formula is C33H33ClF2N2O4. The number of ether oxygens (including phenoxy) is 2. The minimum Gasteiger partial charge on any atom is -0.489 e. The Hall–Kier alpha value is -3.20. The quantitative estimate of drug-likeness (QED) is 0.311.